The van der Waals surface area contributed by atoms with Crippen molar-refractivity contribution < 1.29 is 4.79 Å². The molecule has 1 aliphatic carbocycles. The Morgan fingerprint density at radius 1 is 1.17 bits per heavy atom. The molecule has 1 aromatic carbocycles. The van der Waals surface area contributed by atoms with E-state index in [4.69, 9.17) is 0 Å². The molecule has 2 fully saturated rings. The van der Waals surface area contributed by atoms with Crippen molar-refractivity contribution in [3.8, 4) is 11.4 Å². The Morgan fingerprint density at radius 3 is 2.50 bits per heavy atom. The fourth-order valence-electron chi connectivity index (χ4n) is 3.56. The van der Waals surface area contributed by atoms with E-state index < -0.39 is 0 Å². The van der Waals surface area contributed by atoms with Gasteiger partial charge < -0.3 is 15.6 Å². The summed E-state index contributed by atoms with van der Waals surface area (Å²) in [6, 6.07) is 7.82. The maximum absolute atomic E-state index is 12.4. The third kappa shape index (κ3) is 3.58. The van der Waals surface area contributed by atoms with E-state index in [0.717, 1.165) is 49.4 Å². The summed E-state index contributed by atoms with van der Waals surface area (Å²) in [6.45, 7) is 2.09. The van der Waals surface area contributed by atoms with Crippen LogP contribution >= 0.6 is 24.8 Å². The second kappa shape index (κ2) is 7.55. The first-order valence-corrected chi connectivity index (χ1v) is 7.88. The summed E-state index contributed by atoms with van der Waals surface area (Å²) < 4.78 is 0. The fourth-order valence-corrected chi connectivity index (χ4v) is 3.56. The number of carbonyl (C=O) groups excluding carboxylic acids is 1. The number of carbonyl (C=O) groups is 1. The Morgan fingerprint density at radius 2 is 1.88 bits per heavy atom. The van der Waals surface area contributed by atoms with Crippen LogP contribution in [0.4, 0.5) is 5.69 Å². The number of hydrogen-bond acceptors (Lipinski definition) is 3. The highest BCUT2D eigenvalue weighted by atomic mass is 35.5. The van der Waals surface area contributed by atoms with E-state index in [1.54, 1.807) is 12.4 Å². The number of aromatic nitrogens is 2. The Bertz CT molecular complexity index is 666. The van der Waals surface area contributed by atoms with E-state index in [9.17, 15) is 4.79 Å². The van der Waals surface area contributed by atoms with Crippen LogP contribution in [0.5, 0.6) is 0 Å². The molecule has 1 amide bonds. The molecule has 1 spiro atoms. The van der Waals surface area contributed by atoms with E-state index in [1.807, 2.05) is 24.3 Å². The van der Waals surface area contributed by atoms with Crippen molar-refractivity contribution >= 4 is 36.4 Å². The second-order valence-electron chi connectivity index (χ2n) is 6.37. The van der Waals surface area contributed by atoms with Crippen molar-refractivity contribution in [1.29, 1.82) is 0 Å². The van der Waals surface area contributed by atoms with Crippen molar-refractivity contribution in [2.45, 2.75) is 19.3 Å². The predicted molar refractivity (Wildman–Crippen MR) is 99.8 cm³/mol. The fraction of sp³-hybridized carbons (Fsp3) is 0.412. The minimum Gasteiger partial charge on any atom is -0.345 e. The molecule has 24 heavy (non-hydrogen) atoms. The average Bonchev–Trinajstić information content (AvgIpc) is 3.00. The van der Waals surface area contributed by atoms with Crippen molar-refractivity contribution in [1.82, 2.24) is 15.3 Å². The summed E-state index contributed by atoms with van der Waals surface area (Å²) in [4.78, 5) is 19.7. The summed E-state index contributed by atoms with van der Waals surface area (Å²) in [6.07, 6.45) is 6.84. The first kappa shape index (κ1) is 18.8. The maximum Gasteiger partial charge on any atom is 0.228 e. The van der Waals surface area contributed by atoms with Gasteiger partial charge in [-0.2, -0.15) is 0 Å². The maximum atomic E-state index is 12.4. The molecule has 1 unspecified atom stereocenters. The topological polar surface area (TPSA) is 69.8 Å². The van der Waals surface area contributed by atoms with Crippen LogP contribution in [0, 0.1) is 11.3 Å². The Labute approximate surface area is 153 Å². The molecule has 3 N–H and O–H groups in total. The number of anilines is 1. The Hall–Kier alpha value is -1.56. The van der Waals surface area contributed by atoms with Crippen LogP contribution in [-0.4, -0.2) is 29.0 Å². The lowest BCUT2D eigenvalue weighted by molar-refractivity contribution is -0.118. The van der Waals surface area contributed by atoms with Crippen LogP contribution in [0.2, 0.25) is 0 Å². The summed E-state index contributed by atoms with van der Waals surface area (Å²) in [5.41, 5.74) is 2.16. The SMILES string of the molecule is Cl.Cl.O=C(Nc1ccc(-c2ncc[nH]2)cc1)C1CC12CCNCC2. The molecule has 0 bridgehead atoms. The number of nitrogens with zero attached hydrogens (tertiary/aromatic N) is 1. The van der Waals surface area contributed by atoms with Crippen LogP contribution in [0.3, 0.4) is 0 Å². The van der Waals surface area contributed by atoms with Gasteiger partial charge in [-0.3, -0.25) is 4.79 Å². The molecule has 0 radical (unpaired) electrons. The molecule has 5 nitrogen and oxygen atoms in total. The Kier molecular flexibility index (Phi) is 5.91. The second-order valence-corrected chi connectivity index (χ2v) is 6.37. The van der Waals surface area contributed by atoms with E-state index in [2.05, 4.69) is 20.6 Å². The van der Waals surface area contributed by atoms with Gasteiger partial charge in [0.15, 0.2) is 0 Å². The number of rotatable bonds is 3. The van der Waals surface area contributed by atoms with Gasteiger partial charge in [0.2, 0.25) is 5.91 Å². The van der Waals surface area contributed by atoms with Gasteiger partial charge in [0.1, 0.15) is 5.82 Å². The summed E-state index contributed by atoms with van der Waals surface area (Å²) >= 11 is 0. The summed E-state index contributed by atoms with van der Waals surface area (Å²) in [7, 11) is 0. The molecule has 1 aromatic heterocycles. The molecule has 130 valence electrons. The smallest absolute Gasteiger partial charge is 0.228 e. The molecular weight excluding hydrogens is 347 g/mol. The zero-order valence-electron chi connectivity index (χ0n) is 13.2. The Balaban J connectivity index is 0.00000104. The van der Waals surface area contributed by atoms with Crippen LogP contribution in [0.25, 0.3) is 11.4 Å². The molecule has 2 heterocycles. The molecular formula is C17H22Cl2N4O. The van der Waals surface area contributed by atoms with Crippen LogP contribution < -0.4 is 10.6 Å². The normalized spacial score (nSPS) is 20.6. The molecule has 2 aliphatic rings. The number of benzene rings is 1. The third-order valence-electron chi connectivity index (χ3n) is 5.03. The average molecular weight is 369 g/mol. The number of imidazole rings is 1. The number of halogens is 2. The van der Waals surface area contributed by atoms with Gasteiger partial charge in [-0.15, -0.1) is 24.8 Å². The molecule has 2 aromatic rings. The quantitative estimate of drug-likeness (QED) is 0.778. The lowest BCUT2D eigenvalue weighted by Gasteiger charge is -2.23. The lowest BCUT2D eigenvalue weighted by Crippen LogP contribution is -2.31. The first-order valence-electron chi connectivity index (χ1n) is 7.88. The van der Waals surface area contributed by atoms with Crippen molar-refractivity contribution in [3.63, 3.8) is 0 Å². The molecule has 1 aliphatic heterocycles. The van der Waals surface area contributed by atoms with Gasteiger partial charge >= 0.3 is 0 Å². The highest BCUT2D eigenvalue weighted by Crippen LogP contribution is 2.58. The predicted octanol–water partition coefficient (Wildman–Crippen LogP) is 3.25. The van der Waals surface area contributed by atoms with Gasteiger partial charge in [0.25, 0.3) is 0 Å². The number of aromatic amines is 1. The largest absolute Gasteiger partial charge is 0.345 e. The van der Waals surface area contributed by atoms with Crippen LogP contribution in [0.15, 0.2) is 36.7 Å². The van der Waals surface area contributed by atoms with Gasteiger partial charge in [-0.1, -0.05) is 0 Å². The van der Waals surface area contributed by atoms with E-state index in [0.29, 0.717) is 0 Å². The van der Waals surface area contributed by atoms with E-state index in [1.165, 1.54) is 0 Å². The van der Waals surface area contributed by atoms with E-state index >= 15 is 0 Å². The monoisotopic (exact) mass is 368 g/mol. The van der Waals surface area contributed by atoms with Gasteiger partial charge in [0.05, 0.1) is 0 Å². The zero-order valence-corrected chi connectivity index (χ0v) is 14.9. The number of H-pyrrole nitrogens is 1. The van der Waals surface area contributed by atoms with Crippen LogP contribution in [0.1, 0.15) is 19.3 Å². The minimum absolute atomic E-state index is 0. The lowest BCUT2D eigenvalue weighted by atomic mass is 9.92. The molecule has 1 saturated heterocycles. The highest BCUT2D eigenvalue weighted by molar-refractivity contribution is 5.95. The summed E-state index contributed by atoms with van der Waals surface area (Å²) in [5.74, 6) is 1.21. The molecule has 7 heteroatoms. The number of hydrogen-bond donors (Lipinski definition) is 3. The first-order chi connectivity index (χ1) is 10.8. The number of amides is 1. The summed E-state index contributed by atoms with van der Waals surface area (Å²) in [5, 5.41) is 6.43. The third-order valence-corrected chi connectivity index (χ3v) is 5.03. The van der Waals surface area contributed by atoms with Crippen molar-refractivity contribution in [2.75, 3.05) is 18.4 Å². The van der Waals surface area contributed by atoms with Crippen LogP contribution in [-0.2, 0) is 4.79 Å². The molecule has 4 rings (SSSR count). The number of nitrogens with one attached hydrogen (secondary N) is 3. The van der Waals surface area contributed by atoms with E-state index in [-0.39, 0.29) is 42.1 Å². The van der Waals surface area contributed by atoms with Gasteiger partial charge in [-0.25, -0.2) is 4.98 Å². The van der Waals surface area contributed by atoms with Gasteiger partial charge in [-0.05, 0) is 62.0 Å². The highest BCUT2D eigenvalue weighted by Gasteiger charge is 2.57. The molecule has 1 atom stereocenters. The number of piperidine rings is 1. The standard InChI is InChI=1S/C17H20N4O.2ClH/c22-16(14-11-17(14)5-7-18-8-6-17)21-13-3-1-12(2-4-13)15-19-9-10-20-15;;/h1-4,9-10,14,18H,5-8,11H2,(H,19,20)(H,21,22);2*1H. The minimum atomic E-state index is 0. The van der Waals surface area contributed by atoms with Crippen molar-refractivity contribution in [3.05, 3.63) is 36.7 Å². The van der Waals surface area contributed by atoms with Crippen molar-refractivity contribution in [2.24, 2.45) is 11.3 Å². The van der Waals surface area contributed by atoms with Gasteiger partial charge in [0, 0.05) is 29.6 Å². The zero-order chi connectivity index (χ0) is 15.0. The molecule has 1 saturated carbocycles.